The van der Waals surface area contributed by atoms with E-state index in [0.29, 0.717) is 5.92 Å². The number of rotatable bonds is 0. The van der Waals surface area contributed by atoms with Crippen LogP contribution in [0.25, 0.3) is 0 Å². The fraction of sp³-hybridized carbons (Fsp3) is 0.684. The first-order chi connectivity index (χ1) is 10.4. The molecule has 0 aromatic rings. The van der Waals surface area contributed by atoms with E-state index in [1.54, 1.807) is 0 Å². The SMILES string of the molecule is C[C@]12C=CC(O)CC1CC(N)C1=C2CC[C@]2(C)C(O)C=C[C@@H]12. The molecule has 4 aliphatic rings. The minimum atomic E-state index is -0.354. The molecule has 0 saturated heterocycles. The van der Waals surface area contributed by atoms with Crippen LogP contribution in [0.4, 0.5) is 0 Å². The van der Waals surface area contributed by atoms with Gasteiger partial charge in [0.25, 0.3) is 0 Å². The van der Waals surface area contributed by atoms with E-state index in [4.69, 9.17) is 5.73 Å². The summed E-state index contributed by atoms with van der Waals surface area (Å²) in [7, 11) is 0. The van der Waals surface area contributed by atoms with Gasteiger partial charge in [0.05, 0.1) is 12.2 Å². The maximum Gasteiger partial charge on any atom is 0.0783 e. The molecule has 0 fully saturated rings. The lowest BCUT2D eigenvalue weighted by Gasteiger charge is -2.54. The van der Waals surface area contributed by atoms with Gasteiger partial charge in [0.15, 0.2) is 0 Å². The quantitative estimate of drug-likeness (QED) is 0.602. The molecule has 4 unspecified atom stereocenters. The molecule has 3 heteroatoms. The molecule has 0 aromatic carbocycles. The Balaban J connectivity index is 1.84. The Morgan fingerprint density at radius 1 is 1.14 bits per heavy atom. The van der Waals surface area contributed by atoms with E-state index in [1.165, 1.54) is 11.1 Å². The second-order valence-corrected chi connectivity index (χ2v) is 8.23. The third-order valence-corrected chi connectivity index (χ3v) is 7.10. The Bertz CT molecular complexity index is 592. The third kappa shape index (κ3) is 1.73. The van der Waals surface area contributed by atoms with Crippen molar-refractivity contribution in [1.29, 1.82) is 0 Å². The molecule has 0 aliphatic heterocycles. The Labute approximate surface area is 132 Å². The van der Waals surface area contributed by atoms with E-state index in [-0.39, 0.29) is 35.0 Å². The van der Waals surface area contributed by atoms with Gasteiger partial charge >= 0.3 is 0 Å². The summed E-state index contributed by atoms with van der Waals surface area (Å²) < 4.78 is 0. The third-order valence-electron chi connectivity index (χ3n) is 7.10. The summed E-state index contributed by atoms with van der Waals surface area (Å²) in [6.07, 6.45) is 11.4. The maximum atomic E-state index is 10.4. The molecule has 0 bridgehead atoms. The lowest BCUT2D eigenvalue weighted by molar-refractivity contribution is 0.0393. The standard InChI is InChI=1S/C19H27NO2/c1-18-7-5-12(21)9-11(18)10-15(20)17-13-3-4-16(22)19(13,2)8-6-14(17)18/h3-5,7,11-13,15-16,21-22H,6,8-10,20H2,1-2H3/t11?,12?,13-,15?,16?,18-,19-/m0/s1. The summed E-state index contributed by atoms with van der Waals surface area (Å²) in [6, 6.07) is 0.0614. The molecular formula is C19H27NO2. The van der Waals surface area contributed by atoms with Gasteiger partial charge in [-0.2, -0.15) is 0 Å². The minimum absolute atomic E-state index is 0.0349. The molecule has 4 N–H and O–H groups in total. The van der Waals surface area contributed by atoms with Gasteiger partial charge in [0.1, 0.15) is 0 Å². The molecule has 0 aromatic heterocycles. The molecule has 4 rings (SSSR count). The summed E-state index contributed by atoms with van der Waals surface area (Å²) in [4.78, 5) is 0. The van der Waals surface area contributed by atoms with E-state index in [1.807, 2.05) is 12.2 Å². The van der Waals surface area contributed by atoms with Gasteiger partial charge in [-0.05, 0) is 37.2 Å². The van der Waals surface area contributed by atoms with Gasteiger partial charge < -0.3 is 15.9 Å². The molecular weight excluding hydrogens is 274 g/mol. The van der Waals surface area contributed by atoms with Crippen molar-refractivity contribution in [3.63, 3.8) is 0 Å². The molecule has 7 atom stereocenters. The van der Waals surface area contributed by atoms with Crippen LogP contribution in [0.1, 0.15) is 39.5 Å². The Kier molecular flexibility index (Phi) is 3.04. The molecule has 4 aliphatic carbocycles. The highest BCUT2D eigenvalue weighted by Gasteiger charge is 2.54. The van der Waals surface area contributed by atoms with Crippen LogP contribution < -0.4 is 5.73 Å². The van der Waals surface area contributed by atoms with Crippen molar-refractivity contribution in [2.45, 2.75) is 57.8 Å². The summed E-state index contributed by atoms with van der Waals surface area (Å²) in [5.74, 6) is 0.709. The van der Waals surface area contributed by atoms with Crippen molar-refractivity contribution >= 4 is 0 Å². The van der Waals surface area contributed by atoms with E-state index in [2.05, 4.69) is 26.0 Å². The summed E-state index contributed by atoms with van der Waals surface area (Å²) in [5.41, 5.74) is 9.39. The average molecular weight is 301 g/mol. The van der Waals surface area contributed by atoms with Crippen molar-refractivity contribution in [2.75, 3.05) is 0 Å². The number of fused-ring (bicyclic) bond motifs is 4. The number of allylic oxidation sites excluding steroid dienone is 3. The summed E-state index contributed by atoms with van der Waals surface area (Å²) in [6.45, 7) is 4.52. The topological polar surface area (TPSA) is 66.5 Å². The van der Waals surface area contributed by atoms with Crippen molar-refractivity contribution in [1.82, 2.24) is 0 Å². The highest BCUT2D eigenvalue weighted by atomic mass is 16.3. The average Bonchev–Trinajstić information content (AvgIpc) is 2.77. The zero-order valence-electron chi connectivity index (χ0n) is 13.5. The molecule has 3 nitrogen and oxygen atoms in total. The first-order valence-electron chi connectivity index (χ1n) is 8.59. The monoisotopic (exact) mass is 301 g/mol. The van der Waals surface area contributed by atoms with Crippen molar-refractivity contribution in [2.24, 2.45) is 28.4 Å². The molecule has 0 amide bonds. The van der Waals surface area contributed by atoms with Gasteiger partial charge in [0, 0.05) is 22.8 Å². The van der Waals surface area contributed by atoms with Gasteiger partial charge in [-0.3, -0.25) is 0 Å². The van der Waals surface area contributed by atoms with Crippen LogP contribution in [0, 0.1) is 22.7 Å². The van der Waals surface area contributed by atoms with Gasteiger partial charge in [-0.15, -0.1) is 0 Å². The van der Waals surface area contributed by atoms with Crippen molar-refractivity contribution < 1.29 is 10.2 Å². The van der Waals surface area contributed by atoms with Crippen LogP contribution in [0.3, 0.4) is 0 Å². The van der Waals surface area contributed by atoms with Crippen molar-refractivity contribution in [3.05, 3.63) is 35.5 Å². The minimum Gasteiger partial charge on any atom is -0.389 e. The second-order valence-electron chi connectivity index (χ2n) is 8.23. The second kappa shape index (κ2) is 4.56. The van der Waals surface area contributed by atoms with Crippen molar-refractivity contribution in [3.8, 4) is 0 Å². The van der Waals surface area contributed by atoms with Crippen LogP contribution in [-0.4, -0.2) is 28.5 Å². The van der Waals surface area contributed by atoms with Crippen LogP contribution in [-0.2, 0) is 0 Å². The smallest absolute Gasteiger partial charge is 0.0783 e. The fourth-order valence-electron chi connectivity index (χ4n) is 5.55. The summed E-state index contributed by atoms with van der Waals surface area (Å²) in [5, 5.41) is 20.4. The largest absolute Gasteiger partial charge is 0.389 e. The highest BCUT2D eigenvalue weighted by molar-refractivity contribution is 5.44. The highest BCUT2D eigenvalue weighted by Crippen LogP contribution is 2.60. The zero-order chi connectivity index (χ0) is 15.7. The first-order valence-corrected chi connectivity index (χ1v) is 8.59. The molecule has 0 saturated carbocycles. The van der Waals surface area contributed by atoms with Crippen LogP contribution in [0.15, 0.2) is 35.5 Å². The molecule has 0 spiro atoms. The lowest BCUT2D eigenvalue weighted by atomic mass is 9.52. The van der Waals surface area contributed by atoms with E-state index >= 15 is 0 Å². The maximum absolute atomic E-state index is 10.4. The number of aliphatic hydroxyl groups excluding tert-OH is 2. The predicted octanol–water partition coefficient (Wildman–Crippen LogP) is 2.30. The summed E-state index contributed by atoms with van der Waals surface area (Å²) >= 11 is 0. The Morgan fingerprint density at radius 2 is 1.91 bits per heavy atom. The number of aliphatic hydroxyl groups is 2. The van der Waals surface area contributed by atoms with Crippen LogP contribution in [0.5, 0.6) is 0 Å². The van der Waals surface area contributed by atoms with Crippen LogP contribution in [0.2, 0.25) is 0 Å². The number of hydrogen-bond acceptors (Lipinski definition) is 3. The molecule has 22 heavy (non-hydrogen) atoms. The Hall–Kier alpha value is -0.900. The number of hydrogen-bond donors (Lipinski definition) is 3. The lowest BCUT2D eigenvalue weighted by Crippen LogP contribution is -2.50. The first kappa shape index (κ1) is 14.7. The van der Waals surface area contributed by atoms with Gasteiger partial charge in [0.2, 0.25) is 0 Å². The van der Waals surface area contributed by atoms with E-state index in [9.17, 15) is 10.2 Å². The van der Waals surface area contributed by atoms with Gasteiger partial charge in [-0.1, -0.05) is 43.7 Å². The predicted molar refractivity (Wildman–Crippen MR) is 87.0 cm³/mol. The normalized spacial score (nSPS) is 53.2. The number of nitrogens with two attached hydrogens (primary N) is 1. The van der Waals surface area contributed by atoms with Crippen LogP contribution >= 0.6 is 0 Å². The van der Waals surface area contributed by atoms with E-state index < -0.39 is 0 Å². The fourth-order valence-corrected chi connectivity index (χ4v) is 5.55. The van der Waals surface area contributed by atoms with Gasteiger partial charge in [-0.25, -0.2) is 0 Å². The van der Waals surface area contributed by atoms with E-state index in [0.717, 1.165) is 25.7 Å². The molecule has 120 valence electrons. The molecule has 0 radical (unpaired) electrons. The Morgan fingerprint density at radius 3 is 2.68 bits per heavy atom. The molecule has 0 heterocycles. The zero-order valence-corrected chi connectivity index (χ0v) is 13.5.